The van der Waals surface area contributed by atoms with Crippen molar-refractivity contribution >= 4 is 21.6 Å². The van der Waals surface area contributed by atoms with Crippen molar-refractivity contribution in [2.75, 3.05) is 39.8 Å². The lowest BCUT2D eigenvalue weighted by atomic mass is 9.90. The van der Waals surface area contributed by atoms with Gasteiger partial charge in [-0.25, -0.2) is 12.8 Å². The van der Waals surface area contributed by atoms with Gasteiger partial charge < -0.3 is 9.64 Å². The van der Waals surface area contributed by atoms with Crippen LogP contribution in [0.25, 0.3) is 0 Å². The molecule has 1 aromatic rings. The second kappa shape index (κ2) is 6.29. The van der Waals surface area contributed by atoms with Crippen molar-refractivity contribution in [1.29, 1.82) is 0 Å². The van der Waals surface area contributed by atoms with Crippen LogP contribution in [0.2, 0.25) is 5.02 Å². The maximum atomic E-state index is 13.1. The van der Waals surface area contributed by atoms with E-state index in [0.29, 0.717) is 32.5 Å². The number of piperidine rings is 1. The van der Waals surface area contributed by atoms with Crippen molar-refractivity contribution in [3.8, 4) is 0 Å². The van der Waals surface area contributed by atoms with Gasteiger partial charge in [0.05, 0.1) is 17.2 Å². The van der Waals surface area contributed by atoms with Gasteiger partial charge in [0, 0.05) is 26.2 Å². The van der Waals surface area contributed by atoms with Gasteiger partial charge in [-0.15, -0.1) is 0 Å². The monoisotopic (exact) mass is 362 g/mol. The first-order chi connectivity index (χ1) is 10.8. The van der Waals surface area contributed by atoms with Crippen LogP contribution >= 0.6 is 11.6 Å². The van der Waals surface area contributed by atoms with E-state index < -0.39 is 15.8 Å². The Hall–Kier alpha value is -0.730. The molecular weight excluding hydrogens is 343 g/mol. The summed E-state index contributed by atoms with van der Waals surface area (Å²) in [6.07, 6.45) is 1.30. The molecule has 2 heterocycles. The highest BCUT2D eigenvalue weighted by Crippen LogP contribution is 2.33. The van der Waals surface area contributed by atoms with Crippen molar-refractivity contribution in [1.82, 2.24) is 9.21 Å². The summed E-state index contributed by atoms with van der Waals surface area (Å²) >= 11 is 5.92. The second-order valence-electron chi connectivity index (χ2n) is 6.25. The van der Waals surface area contributed by atoms with Crippen LogP contribution < -0.4 is 0 Å². The Morgan fingerprint density at radius 3 is 2.57 bits per heavy atom. The van der Waals surface area contributed by atoms with E-state index in [0.717, 1.165) is 25.2 Å². The van der Waals surface area contributed by atoms with Gasteiger partial charge in [-0.2, -0.15) is 4.31 Å². The third-order valence-corrected chi connectivity index (χ3v) is 6.97. The zero-order valence-electron chi connectivity index (χ0n) is 13.0. The van der Waals surface area contributed by atoms with Crippen LogP contribution in [0.5, 0.6) is 0 Å². The fourth-order valence-electron chi connectivity index (χ4n) is 3.29. The van der Waals surface area contributed by atoms with Crippen molar-refractivity contribution in [3.05, 3.63) is 29.0 Å². The molecule has 8 heteroatoms. The number of sulfonamides is 1. The molecule has 2 saturated heterocycles. The summed E-state index contributed by atoms with van der Waals surface area (Å²) in [6, 6.07) is 3.37. The van der Waals surface area contributed by atoms with Crippen molar-refractivity contribution in [2.45, 2.75) is 23.3 Å². The van der Waals surface area contributed by atoms with Crippen molar-refractivity contribution < 1.29 is 17.5 Å². The Morgan fingerprint density at radius 2 is 1.96 bits per heavy atom. The van der Waals surface area contributed by atoms with Gasteiger partial charge in [-0.05, 0) is 38.1 Å². The topological polar surface area (TPSA) is 49.9 Å². The number of nitrogens with zero attached hydrogens (tertiary/aromatic N) is 2. The molecular formula is C15H20ClFN2O3S. The normalized spacial score (nSPS) is 23.3. The van der Waals surface area contributed by atoms with E-state index >= 15 is 0 Å². The third-order valence-electron chi connectivity index (χ3n) is 4.58. The lowest BCUT2D eigenvalue weighted by molar-refractivity contribution is -0.124. The summed E-state index contributed by atoms with van der Waals surface area (Å²) in [5.74, 6) is -0.551. The first-order valence-corrected chi connectivity index (χ1v) is 9.42. The van der Waals surface area contributed by atoms with Gasteiger partial charge in [-0.3, -0.25) is 0 Å². The summed E-state index contributed by atoms with van der Waals surface area (Å²) in [5, 5.41) is -0.0843. The van der Waals surface area contributed by atoms with E-state index in [1.54, 1.807) is 0 Å². The van der Waals surface area contributed by atoms with Crippen LogP contribution in [-0.4, -0.2) is 63.1 Å². The van der Waals surface area contributed by atoms with Crippen LogP contribution in [-0.2, 0) is 14.8 Å². The van der Waals surface area contributed by atoms with Crippen molar-refractivity contribution in [2.24, 2.45) is 0 Å². The Kier molecular flexibility index (Phi) is 4.68. The minimum atomic E-state index is -3.71. The second-order valence-corrected chi connectivity index (χ2v) is 8.56. The molecule has 2 aliphatic heterocycles. The molecule has 1 aromatic carbocycles. The highest BCUT2D eigenvalue weighted by Gasteiger charge is 2.42. The van der Waals surface area contributed by atoms with E-state index in [1.165, 1.54) is 10.4 Å². The predicted octanol–water partition coefficient (Wildman–Crippen LogP) is 1.96. The molecule has 1 spiro atoms. The molecule has 128 valence electrons. The van der Waals surface area contributed by atoms with Gasteiger partial charge in [0.1, 0.15) is 10.7 Å². The Bertz CT molecular complexity index is 690. The smallest absolute Gasteiger partial charge is 0.244 e. The Balaban J connectivity index is 1.76. The lowest BCUT2D eigenvalue weighted by Crippen LogP contribution is -2.56. The number of rotatable bonds is 2. The summed E-state index contributed by atoms with van der Waals surface area (Å²) in [4.78, 5) is 2.17. The van der Waals surface area contributed by atoms with E-state index in [4.69, 9.17) is 16.3 Å². The average molecular weight is 363 g/mol. The number of hydrogen-bond acceptors (Lipinski definition) is 4. The number of hydrogen-bond donors (Lipinski definition) is 0. The first kappa shape index (κ1) is 17.1. The minimum Gasteiger partial charge on any atom is -0.372 e. The van der Waals surface area contributed by atoms with E-state index in [9.17, 15) is 12.8 Å². The molecule has 23 heavy (non-hydrogen) atoms. The van der Waals surface area contributed by atoms with Crippen LogP contribution in [0.4, 0.5) is 4.39 Å². The molecule has 2 fully saturated rings. The summed E-state index contributed by atoms with van der Waals surface area (Å²) in [5.41, 5.74) is -0.258. The van der Waals surface area contributed by atoms with Crippen LogP contribution in [0.3, 0.4) is 0 Å². The number of ether oxygens (including phenoxy) is 1. The highest BCUT2D eigenvalue weighted by molar-refractivity contribution is 7.89. The third kappa shape index (κ3) is 3.39. The number of morpholine rings is 1. The van der Waals surface area contributed by atoms with Gasteiger partial charge in [0.2, 0.25) is 10.0 Å². The molecule has 0 radical (unpaired) electrons. The lowest BCUT2D eigenvalue weighted by Gasteiger charge is -2.46. The molecule has 5 nitrogen and oxygen atoms in total. The fourth-order valence-corrected chi connectivity index (χ4v) is 5.24. The van der Waals surface area contributed by atoms with E-state index in [2.05, 4.69) is 4.90 Å². The maximum absolute atomic E-state index is 13.1. The number of benzene rings is 1. The quantitative estimate of drug-likeness (QED) is 0.807. The van der Waals surface area contributed by atoms with E-state index in [1.807, 2.05) is 7.05 Å². The van der Waals surface area contributed by atoms with Crippen LogP contribution in [0.1, 0.15) is 12.8 Å². The first-order valence-electron chi connectivity index (χ1n) is 7.60. The van der Waals surface area contributed by atoms with Crippen molar-refractivity contribution in [3.63, 3.8) is 0 Å². The van der Waals surface area contributed by atoms with Gasteiger partial charge in [-0.1, -0.05) is 11.6 Å². The number of likely N-dealkylation sites (N-methyl/N-ethyl adjacent to an activating group) is 1. The molecule has 0 bridgehead atoms. The molecule has 3 rings (SSSR count). The SMILES string of the molecule is CN1CCOC2(CCN(S(=O)(=O)c3ccc(F)cc3Cl)CC2)C1. The highest BCUT2D eigenvalue weighted by atomic mass is 35.5. The summed E-state index contributed by atoms with van der Waals surface area (Å²) < 4.78 is 45.9. The standard InChI is InChI=1S/C15H20ClFN2O3S/c1-18-8-9-22-15(11-18)4-6-19(7-5-15)23(20,21)14-3-2-12(17)10-13(14)16/h2-3,10H,4-9,11H2,1H3. The summed E-state index contributed by atoms with van der Waals surface area (Å²) in [7, 11) is -1.67. The largest absolute Gasteiger partial charge is 0.372 e. The molecule has 0 aromatic heterocycles. The van der Waals surface area contributed by atoms with Crippen LogP contribution in [0.15, 0.2) is 23.1 Å². The zero-order valence-corrected chi connectivity index (χ0v) is 14.5. The van der Waals surface area contributed by atoms with Gasteiger partial charge >= 0.3 is 0 Å². The predicted molar refractivity (Wildman–Crippen MR) is 85.6 cm³/mol. The molecule has 0 unspecified atom stereocenters. The Labute approximate surface area is 141 Å². The molecule has 0 aliphatic carbocycles. The molecule has 0 atom stereocenters. The Morgan fingerprint density at radius 1 is 1.26 bits per heavy atom. The van der Waals surface area contributed by atoms with Gasteiger partial charge in [0.25, 0.3) is 0 Å². The molecule has 0 saturated carbocycles. The number of halogens is 2. The fraction of sp³-hybridized carbons (Fsp3) is 0.600. The zero-order chi connectivity index (χ0) is 16.7. The molecule has 0 N–H and O–H groups in total. The minimum absolute atomic E-state index is 0.0433. The average Bonchev–Trinajstić information content (AvgIpc) is 2.47. The maximum Gasteiger partial charge on any atom is 0.244 e. The van der Waals surface area contributed by atoms with Gasteiger partial charge in [0.15, 0.2) is 0 Å². The molecule has 2 aliphatic rings. The summed E-state index contributed by atoms with van der Waals surface area (Å²) in [6.45, 7) is 3.15. The molecule has 0 amide bonds. The van der Waals surface area contributed by atoms with E-state index in [-0.39, 0.29) is 15.5 Å². The van der Waals surface area contributed by atoms with Crippen LogP contribution in [0, 0.1) is 5.82 Å².